The van der Waals surface area contributed by atoms with Crippen LogP contribution in [0.5, 0.6) is 0 Å². The lowest BCUT2D eigenvalue weighted by Gasteiger charge is -2.24. The Hall–Kier alpha value is -0.130. The molecular formula is C12H17BrClNO2. The Balaban J connectivity index is 2.89. The summed E-state index contributed by atoms with van der Waals surface area (Å²) in [5, 5.41) is 10.1. The molecule has 0 aliphatic rings. The zero-order valence-corrected chi connectivity index (χ0v) is 12.2. The van der Waals surface area contributed by atoms with E-state index < -0.39 is 6.10 Å². The Bertz CT molecular complexity index is 374. The summed E-state index contributed by atoms with van der Waals surface area (Å²) in [4.78, 5) is 0. The molecule has 17 heavy (non-hydrogen) atoms. The predicted molar refractivity (Wildman–Crippen MR) is 73.2 cm³/mol. The fourth-order valence-electron chi connectivity index (χ4n) is 1.39. The van der Waals surface area contributed by atoms with Gasteiger partial charge in [-0.05, 0) is 37.6 Å². The van der Waals surface area contributed by atoms with Crippen LogP contribution >= 0.6 is 27.5 Å². The summed E-state index contributed by atoms with van der Waals surface area (Å²) in [6.07, 6.45) is -1.11. The van der Waals surface area contributed by atoms with Crippen molar-refractivity contribution in [1.82, 2.24) is 0 Å². The van der Waals surface area contributed by atoms with Gasteiger partial charge in [-0.25, -0.2) is 0 Å². The third-order valence-corrected chi connectivity index (χ3v) is 3.53. The van der Waals surface area contributed by atoms with E-state index in [0.29, 0.717) is 11.6 Å². The molecule has 1 aromatic carbocycles. The zero-order chi connectivity index (χ0) is 13.0. The summed E-state index contributed by atoms with van der Waals surface area (Å²) in [5.74, 6) is 0. The van der Waals surface area contributed by atoms with Crippen molar-refractivity contribution in [2.24, 2.45) is 5.73 Å². The Morgan fingerprint density at radius 2 is 2.12 bits per heavy atom. The van der Waals surface area contributed by atoms with Crippen LogP contribution in [0, 0.1) is 0 Å². The molecule has 1 aromatic rings. The van der Waals surface area contributed by atoms with Crippen LogP contribution in [0.2, 0.25) is 5.02 Å². The SMILES string of the molecule is CC(O)C(C)OC(CN)c1cc(Cl)ccc1Br. The van der Waals surface area contributed by atoms with E-state index in [1.807, 2.05) is 19.1 Å². The van der Waals surface area contributed by atoms with Crippen LogP contribution in [0.15, 0.2) is 22.7 Å². The quantitative estimate of drug-likeness (QED) is 0.876. The number of aliphatic hydroxyl groups excluding tert-OH is 1. The van der Waals surface area contributed by atoms with Gasteiger partial charge in [0.05, 0.1) is 18.3 Å². The minimum absolute atomic E-state index is 0.283. The van der Waals surface area contributed by atoms with Gasteiger partial charge >= 0.3 is 0 Å². The molecule has 0 amide bonds. The maximum absolute atomic E-state index is 9.43. The molecule has 0 aliphatic heterocycles. The highest BCUT2D eigenvalue weighted by Crippen LogP contribution is 2.29. The van der Waals surface area contributed by atoms with Gasteiger partial charge in [-0.3, -0.25) is 0 Å². The number of rotatable bonds is 5. The smallest absolute Gasteiger partial charge is 0.0963 e. The first-order valence-electron chi connectivity index (χ1n) is 5.44. The molecule has 0 bridgehead atoms. The fraction of sp³-hybridized carbons (Fsp3) is 0.500. The summed E-state index contributed by atoms with van der Waals surface area (Å²) in [6, 6.07) is 5.47. The van der Waals surface area contributed by atoms with E-state index >= 15 is 0 Å². The third-order valence-electron chi connectivity index (χ3n) is 2.58. The van der Waals surface area contributed by atoms with E-state index in [9.17, 15) is 5.11 Å². The Labute approximate surface area is 115 Å². The number of aliphatic hydroxyl groups is 1. The van der Waals surface area contributed by atoms with Crippen molar-refractivity contribution in [3.05, 3.63) is 33.3 Å². The molecule has 1 rings (SSSR count). The lowest BCUT2D eigenvalue weighted by Crippen LogP contribution is -2.28. The van der Waals surface area contributed by atoms with Gasteiger partial charge in [0.2, 0.25) is 0 Å². The van der Waals surface area contributed by atoms with E-state index in [1.54, 1.807) is 13.0 Å². The number of ether oxygens (including phenoxy) is 1. The molecule has 0 spiro atoms. The minimum atomic E-state index is -0.540. The maximum atomic E-state index is 9.43. The molecule has 3 unspecified atom stereocenters. The van der Waals surface area contributed by atoms with Crippen molar-refractivity contribution >= 4 is 27.5 Å². The summed E-state index contributed by atoms with van der Waals surface area (Å²) in [7, 11) is 0. The van der Waals surface area contributed by atoms with Crippen LogP contribution in [0.25, 0.3) is 0 Å². The van der Waals surface area contributed by atoms with Crippen LogP contribution in [0.4, 0.5) is 0 Å². The van der Waals surface area contributed by atoms with Gasteiger partial charge in [0.25, 0.3) is 0 Å². The van der Waals surface area contributed by atoms with Crippen molar-refractivity contribution in [2.75, 3.05) is 6.54 Å². The molecule has 0 radical (unpaired) electrons. The highest BCUT2D eigenvalue weighted by atomic mass is 79.9. The van der Waals surface area contributed by atoms with Gasteiger partial charge in [-0.15, -0.1) is 0 Å². The van der Waals surface area contributed by atoms with Gasteiger partial charge in [-0.2, -0.15) is 0 Å². The second-order valence-electron chi connectivity index (χ2n) is 3.97. The first-order valence-corrected chi connectivity index (χ1v) is 6.61. The zero-order valence-electron chi connectivity index (χ0n) is 9.86. The second-order valence-corrected chi connectivity index (χ2v) is 5.26. The average Bonchev–Trinajstić information content (AvgIpc) is 2.29. The van der Waals surface area contributed by atoms with Gasteiger partial charge in [0, 0.05) is 16.0 Å². The normalized spacial score (nSPS) is 16.6. The van der Waals surface area contributed by atoms with E-state index in [0.717, 1.165) is 10.0 Å². The molecule has 3 nitrogen and oxygen atoms in total. The summed E-state index contributed by atoms with van der Waals surface area (Å²) in [5.41, 5.74) is 6.60. The van der Waals surface area contributed by atoms with E-state index in [1.165, 1.54) is 0 Å². The Morgan fingerprint density at radius 3 is 2.65 bits per heavy atom. The standard InChI is InChI=1S/C12H17BrClNO2/c1-7(16)8(2)17-12(6-15)10-5-9(14)3-4-11(10)13/h3-5,7-8,12,16H,6,15H2,1-2H3. The van der Waals surface area contributed by atoms with Crippen molar-refractivity contribution in [3.63, 3.8) is 0 Å². The number of hydrogen-bond donors (Lipinski definition) is 2. The van der Waals surface area contributed by atoms with Crippen LogP contribution < -0.4 is 5.73 Å². The Kier molecular flexibility index (Phi) is 5.89. The fourth-order valence-corrected chi connectivity index (χ4v) is 2.07. The lowest BCUT2D eigenvalue weighted by molar-refractivity contribution is -0.0594. The predicted octanol–water partition coefficient (Wildman–Crippen LogP) is 2.89. The molecule has 3 atom stereocenters. The summed E-state index contributed by atoms with van der Waals surface area (Å²) >= 11 is 9.39. The maximum Gasteiger partial charge on any atom is 0.0963 e. The molecule has 0 fully saturated rings. The highest BCUT2D eigenvalue weighted by molar-refractivity contribution is 9.10. The highest BCUT2D eigenvalue weighted by Gasteiger charge is 2.19. The first kappa shape index (κ1) is 14.9. The number of halogens is 2. The molecule has 0 saturated carbocycles. The van der Waals surface area contributed by atoms with Crippen LogP contribution in [-0.2, 0) is 4.74 Å². The monoisotopic (exact) mass is 321 g/mol. The average molecular weight is 323 g/mol. The molecule has 0 saturated heterocycles. The third kappa shape index (κ3) is 4.23. The van der Waals surface area contributed by atoms with Crippen LogP contribution in [-0.4, -0.2) is 23.9 Å². The second kappa shape index (κ2) is 6.71. The first-order chi connectivity index (χ1) is 7.95. The van der Waals surface area contributed by atoms with E-state index in [2.05, 4.69) is 15.9 Å². The molecule has 5 heteroatoms. The minimum Gasteiger partial charge on any atom is -0.391 e. The summed E-state index contributed by atoms with van der Waals surface area (Å²) in [6.45, 7) is 3.83. The largest absolute Gasteiger partial charge is 0.391 e. The van der Waals surface area contributed by atoms with Crippen molar-refractivity contribution < 1.29 is 9.84 Å². The van der Waals surface area contributed by atoms with Gasteiger partial charge in [-0.1, -0.05) is 27.5 Å². The molecule has 0 aromatic heterocycles. The Morgan fingerprint density at radius 1 is 1.47 bits per heavy atom. The summed E-state index contributed by atoms with van der Waals surface area (Å²) < 4.78 is 6.62. The van der Waals surface area contributed by atoms with Crippen molar-refractivity contribution in [3.8, 4) is 0 Å². The number of benzene rings is 1. The molecule has 0 aliphatic carbocycles. The topological polar surface area (TPSA) is 55.5 Å². The van der Waals surface area contributed by atoms with E-state index in [4.69, 9.17) is 22.1 Å². The lowest BCUT2D eigenvalue weighted by atomic mass is 10.1. The van der Waals surface area contributed by atoms with Crippen molar-refractivity contribution in [1.29, 1.82) is 0 Å². The molecule has 3 N–H and O–H groups in total. The molecular weight excluding hydrogens is 305 g/mol. The number of nitrogens with two attached hydrogens (primary N) is 1. The van der Waals surface area contributed by atoms with Crippen molar-refractivity contribution in [2.45, 2.75) is 32.2 Å². The van der Waals surface area contributed by atoms with Crippen LogP contribution in [0.1, 0.15) is 25.5 Å². The number of hydrogen-bond acceptors (Lipinski definition) is 3. The van der Waals surface area contributed by atoms with Gasteiger partial charge in [0.1, 0.15) is 0 Å². The molecule has 96 valence electrons. The van der Waals surface area contributed by atoms with Crippen LogP contribution in [0.3, 0.4) is 0 Å². The molecule has 0 heterocycles. The van der Waals surface area contributed by atoms with Gasteiger partial charge in [0.15, 0.2) is 0 Å². The van der Waals surface area contributed by atoms with E-state index in [-0.39, 0.29) is 12.2 Å². The van der Waals surface area contributed by atoms with Gasteiger partial charge < -0.3 is 15.6 Å².